The van der Waals surface area contributed by atoms with Gasteiger partial charge >= 0.3 is 0 Å². The molecule has 0 fully saturated rings. The second kappa shape index (κ2) is 14.5. The van der Waals surface area contributed by atoms with Crippen LogP contribution in [0.25, 0.3) is 0 Å². The molecule has 0 unspecified atom stereocenters. The largest absolute Gasteiger partial charge is 0.295 e. The van der Waals surface area contributed by atoms with Gasteiger partial charge in [-0.3, -0.25) is 4.79 Å². The molecule has 1 aromatic rings. The first-order chi connectivity index (χ1) is 11.5. The number of allylic oxidation sites excluding steroid dienone is 1. The van der Waals surface area contributed by atoms with Crippen LogP contribution in [0.2, 0.25) is 0 Å². The van der Waals surface area contributed by atoms with Crippen molar-refractivity contribution in [3.63, 3.8) is 0 Å². The van der Waals surface area contributed by atoms with Crippen LogP contribution in [0.15, 0.2) is 30.4 Å². The standard InChI is InChI=1S/C10H9NO.C9H18.C4H10/c1-7-3-4-9(8(2)12)5-10(7)6-11;1-5-6-9(4)7-8(2)3;1-4(2)3/h3-5H,1-2H3;9H,2,5-7H2,1,3-4H3;4H,1-3H3/t;9-;/m.1./s1. The van der Waals surface area contributed by atoms with Crippen molar-refractivity contribution in [2.24, 2.45) is 11.8 Å². The van der Waals surface area contributed by atoms with Gasteiger partial charge in [0, 0.05) is 5.56 Å². The molecule has 0 saturated heterocycles. The van der Waals surface area contributed by atoms with Crippen molar-refractivity contribution in [3.8, 4) is 6.07 Å². The van der Waals surface area contributed by atoms with E-state index >= 15 is 0 Å². The van der Waals surface area contributed by atoms with Crippen molar-refractivity contribution >= 4 is 5.78 Å². The molecule has 2 nitrogen and oxygen atoms in total. The van der Waals surface area contributed by atoms with E-state index in [0.29, 0.717) is 11.1 Å². The van der Waals surface area contributed by atoms with Crippen LogP contribution in [0.4, 0.5) is 0 Å². The summed E-state index contributed by atoms with van der Waals surface area (Å²) >= 11 is 0. The second-order valence-electron chi connectivity index (χ2n) is 7.48. The van der Waals surface area contributed by atoms with E-state index in [1.54, 1.807) is 18.2 Å². The van der Waals surface area contributed by atoms with Crippen molar-refractivity contribution in [2.45, 2.75) is 74.7 Å². The van der Waals surface area contributed by atoms with Gasteiger partial charge < -0.3 is 0 Å². The van der Waals surface area contributed by atoms with Crippen LogP contribution in [-0.2, 0) is 0 Å². The zero-order valence-electron chi connectivity index (χ0n) is 17.6. The summed E-state index contributed by atoms with van der Waals surface area (Å²) in [7, 11) is 0. The number of benzene rings is 1. The third kappa shape index (κ3) is 15.4. The molecule has 0 radical (unpaired) electrons. The highest BCUT2D eigenvalue weighted by Gasteiger charge is 2.02. The Labute approximate surface area is 156 Å². The Hall–Kier alpha value is -1.88. The van der Waals surface area contributed by atoms with Gasteiger partial charge in [0.15, 0.2) is 5.78 Å². The summed E-state index contributed by atoms with van der Waals surface area (Å²) in [6.07, 6.45) is 3.84. The van der Waals surface area contributed by atoms with E-state index in [1.807, 2.05) is 13.0 Å². The highest BCUT2D eigenvalue weighted by Crippen LogP contribution is 2.14. The number of hydrogen-bond acceptors (Lipinski definition) is 2. The fraction of sp³-hybridized carbons (Fsp3) is 0.565. The molecule has 25 heavy (non-hydrogen) atoms. The molecule has 0 aliphatic heterocycles. The Bertz CT molecular complexity index is 561. The van der Waals surface area contributed by atoms with Gasteiger partial charge in [0.1, 0.15) is 0 Å². The molecule has 1 atom stereocenters. The molecule has 0 aliphatic carbocycles. The molecule has 0 aromatic heterocycles. The maximum atomic E-state index is 10.9. The molecule has 0 saturated carbocycles. The lowest BCUT2D eigenvalue weighted by Crippen LogP contribution is -1.93. The van der Waals surface area contributed by atoms with Crippen LogP contribution in [0, 0.1) is 30.1 Å². The molecule has 140 valence electrons. The van der Waals surface area contributed by atoms with Crippen molar-refractivity contribution in [3.05, 3.63) is 47.0 Å². The minimum atomic E-state index is -0.00787. The second-order valence-corrected chi connectivity index (χ2v) is 7.48. The number of nitrogens with zero attached hydrogens (tertiary/aromatic N) is 1. The SMILES string of the molecule is C=C(C)C[C@H](C)CCC.CC(=O)c1ccc(C)c(C#N)c1.CC(C)C. The number of nitriles is 1. The highest BCUT2D eigenvalue weighted by molar-refractivity contribution is 5.94. The van der Waals surface area contributed by atoms with Crippen LogP contribution in [0.5, 0.6) is 0 Å². The van der Waals surface area contributed by atoms with Gasteiger partial charge in [-0.2, -0.15) is 5.26 Å². The third-order valence-corrected chi connectivity index (χ3v) is 3.24. The number of carbonyl (C=O) groups excluding carboxylic acids is 1. The summed E-state index contributed by atoms with van der Waals surface area (Å²) in [5.41, 5.74) is 3.39. The average molecular weight is 344 g/mol. The topological polar surface area (TPSA) is 40.9 Å². The maximum absolute atomic E-state index is 10.9. The Balaban J connectivity index is 0. The van der Waals surface area contributed by atoms with Gasteiger partial charge in [0.2, 0.25) is 0 Å². The van der Waals surface area contributed by atoms with E-state index < -0.39 is 0 Å². The van der Waals surface area contributed by atoms with Gasteiger partial charge in [-0.1, -0.05) is 65.2 Å². The number of rotatable bonds is 5. The Morgan fingerprint density at radius 2 is 1.72 bits per heavy atom. The molecule has 1 rings (SSSR count). The summed E-state index contributed by atoms with van der Waals surface area (Å²) < 4.78 is 0. The highest BCUT2D eigenvalue weighted by atomic mass is 16.1. The first kappa shape index (κ1) is 25.4. The summed E-state index contributed by atoms with van der Waals surface area (Å²) in [6.45, 7) is 20.3. The third-order valence-electron chi connectivity index (χ3n) is 3.24. The zero-order valence-corrected chi connectivity index (χ0v) is 17.6. The number of ketones is 1. The molecule has 0 bridgehead atoms. The van der Waals surface area contributed by atoms with Crippen molar-refractivity contribution in [1.29, 1.82) is 5.26 Å². The first-order valence-corrected chi connectivity index (χ1v) is 9.21. The van der Waals surface area contributed by atoms with Crippen LogP contribution in [-0.4, -0.2) is 5.78 Å². The molecule has 0 amide bonds. The molecule has 0 spiro atoms. The smallest absolute Gasteiger partial charge is 0.159 e. The predicted octanol–water partition coefficient (Wildman–Crippen LogP) is 7.12. The zero-order chi connectivity index (χ0) is 20.0. The van der Waals surface area contributed by atoms with Crippen molar-refractivity contribution in [2.75, 3.05) is 0 Å². The molecule has 0 N–H and O–H groups in total. The molecule has 2 heteroatoms. The Morgan fingerprint density at radius 1 is 1.20 bits per heavy atom. The molecule has 0 heterocycles. The van der Waals surface area contributed by atoms with Gasteiger partial charge in [-0.15, -0.1) is 6.58 Å². The minimum Gasteiger partial charge on any atom is -0.295 e. The van der Waals surface area contributed by atoms with Gasteiger partial charge in [-0.05, 0) is 50.7 Å². The van der Waals surface area contributed by atoms with Gasteiger partial charge in [-0.25, -0.2) is 0 Å². The minimum absolute atomic E-state index is 0.00787. The molecular formula is C23H37NO. The fourth-order valence-corrected chi connectivity index (χ4v) is 2.15. The number of Topliss-reactive ketones (excluding diaryl/α,β-unsaturated/α-hetero) is 1. The van der Waals surface area contributed by atoms with E-state index in [9.17, 15) is 4.79 Å². The fourth-order valence-electron chi connectivity index (χ4n) is 2.15. The summed E-state index contributed by atoms with van der Waals surface area (Å²) in [6, 6.07) is 7.18. The average Bonchev–Trinajstić information content (AvgIpc) is 2.47. The number of carbonyl (C=O) groups is 1. The van der Waals surface area contributed by atoms with Crippen LogP contribution in [0.3, 0.4) is 0 Å². The summed E-state index contributed by atoms with van der Waals surface area (Å²) in [5.74, 6) is 1.67. The summed E-state index contributed by atoms with van der Waals surface area (Å²) in [4.78, 5) is 10.9. The quantitative estimate of drug-likeness (QED) is 0.422. The molecule has 1 aromatic carbocycles. The van der Waals surface area contributed by atoms with Crippen molar-refractivity contribution in [1.82, 2.24) is 0 Å². The lowest BCUT2D eigenvalue weighted by atomic mass is 9.99. The van der Waals surface area contributed by atoms with Gasteiger partial charge in [0.25, 0.3) is 0 Å². The predicted molar refractivity (Wildman–Crippen MR) is 110 cm³/mol. The van der Waals surface area contributed by atoms with Crippen LogP contribution in [0.1, 0.15) is 89.2 Å². The monoisotopic (exact) mass is 343 g/mol. The van der Waals surface area contributed by atoms with Crippen molar-refractivity contribution < 1.29 is 4.79 Å². The normalized spacial score (nSPS) is 10.6. The van der Waals surface area contributed by atoms with E-state index in [0.717, 1.165) is 17.4 Å². The van der Waals surface area contributed by atoms with E-state index in [1.165, 1.54) is 31.8 Å². The lowest BCUT2D eigenvalue weighted by molar-refractivity contribution is 0.101. The van der Waals surface area contributed by atoms with E-state index in [4.69, 9.17) is 5.26 Å². The van der Waals surface area contributed by atoms with Crippen LogP contribution >= 0.6 is 0 Å². The summed E-state index contributed by atoms with van der Waals surface area (Å²) in [5, 5.41) is 8.66. The number of aryl methyl sites for hydroxylation is 1. The molecule has 0 aliphatic rings. The lowest BCUT2D eigenvalue weighted by Gasteiger charge is -2.07. The molecular weight excluding hydrogens is 306 g/mol. The van der Waals surface area contributed by atoms with Gasteiger partial charge in [0.05, 0.1) is 11.6 Å². The number of hydrogen-bond donors (Lipinski definition) is 0. The van der Waals surface area contributed by atoms with E-state index in [2.05, 4.69) is 48.1 Å². The first-order valence-electron chi connectivity index (χ1n) is 9.21. The van der Waals surface area contributed by atoms with Crippen LogP contribution < -0.4 is 0 Å². The van der Waals surface area contributed by atoms with E-state index in [-0.39, 0.29) is 5.78 Å². The Kier molecular flexibility index (Phi) is 14.7. The maximum Gasteiger partial charge on any atom is 0.159 e. The Morgan fingerprint density at radius 3 is 2.08 bits per heavy atom.